The third kappa shape index (κ3) is 5.30. The number of carbonyl (C=O) groups is 2. The van der Waals surface area contributed by atoms with Gasteiger partial charge in [0.1, 0.15) is 0 Å². The summed E-state index contributed by atoms with van der Waals surface area (Å²) in [5.74, 6) is -0.0706. The van der Waals surface area contributed by atoms with Gasteiger partial charge >= 0.3 is 0 Å². The van der Waals surface area contributed by atoms with Crippen LogP contribution in [0.15, 0.2) is 48.5 Å². The van der Waals surface area contributed by atoms with Crippen LogP contribution in [0.3, 0.4) is 0 Å². The molecule has 0 spiro atoms. The molecule has 9 nitrogen and oxygen atoms in total. The Balaban J connectivity index is 1.92. The van der Waals surface area contributed by atoms with Crippen molar-refractivity contribution in [2.75, 3.05) is 14.2 Å². The fourth-order valence-electron chi connectivity index (χ4n) is 2.10. The molecule has 2 aromatic rings. The number of methoxy groups -OCH3 is 2. The number of hydrogen-bond acceptors (Lipinski definition) is 6. The number of hydrazine groups is 1. The van der Waals surface area contributed by atoms with Crippen molar-refractivity contribution in [3.05, 3.63) is 69.8 Å². The molecule has 0 aliphatic carbocycles. The lowest BCUT2D eigenvalue weighted by Gasteiger charge is -2.07. The molecular weight excluding hydrogens is 354 g/mol. The number of amides is 2. The third-order valence-corrected chi connectivity index (χ3v) is 3.47. The molecule has 2 aromatic carbocycles. The highest BCUT2D eigenvalue weighted by Crippen LogP contribution is 2.27. The number of nitrogens with one attached hydrogen (secondary N) is 2. The lowest BCUT2D eigenvalue weighted by Crippen LogP contribution is -2.40. The van der Waals surface area contributed by atoms with Crippen LogP contribution in [0, 0.1) is 10.1 Å². The van der Waals surface area contributed by atoms with Crippen molar-refractivity contribution in [1.29, 1.82) is 0 Å². The van der Waals surface area contributed by atoms with Gasteiger partial charge in [-0.3, -0.25) is 30.6 Å². The van der Waals surface area contributed by atoms with E-state index in [1.54, 1.807) is 18.2 Å². The zero-order valence-corrected chi connectivity index (χ0v) is 14.6. The van der Waals surface area contributed by atoms with E-state index in [9.17, 15) is 19.7 Å². The highest BCUT2D eigenvalue weighted by atomic mass is 16.6. The van der Waals surface area contributed by atoms with E-state index >= 15 is 0 Å². The minimum Gasteiger partial charge on any atom is -0.493 e. The molecule has 0 saturated heterocycles. The normalized spacial score (nSPS) is 10.3. The lowest BCUT2D eigenvalue weighted by atomic mass is 10.2. The topological polar surface area (TPSA) is 120 Å². The quantitative estimate of drug-likeness (QED) is 0.456. The van der Waals surface area contributed by atoms with E-state index in [1.807, 2.05) is 0 Å². The van der Waals surface area contributed by atoms with Gasteiger partial charge in [-0.2, -0.15) is 0 Å². The van der Waals surface area contributed by atoms with Crippen molar-refractivity contribution >= 4 is 23.6 Å². The molecule has 0 aliphatic heterocycles. The number of benzene rings is 2. The Bertz CT molecular complexity index is 877. The van der Waals surface area contributed by atoms with Crippen molar-refractivity contribution in [2.45, 2.75) is 0 Å². The molecule has 27 heavy (non-hydrogen) atoms. The molecule has 2 rings (SSSR count). The molecule has 0 fully saturated rings. The summed E-state index contributed by atoms with van der Waals surface area (Å²) in [6, 6.07) is 10.1. The van der Waals surface area contributed by atoms with Gasteiger partial charge in [-0.15, -0.1) is 0 Å². The maximum absolute atomic E-state index is 11.9. The number of nitro groups is 1. The average molecular weight is 371 g/mol. The number of non-ortho nitro benzene ring substituents is 1. The van der Waals surface area contributed by atoms with Gasteiger partial charge in [0.25, 0.3) is 17.5 Å². The molecule has 0 heterocycles. The molecule has 0 radical (unpaired) electrons. The molecule has 0 aromatic heterocycles. The van der Waals surface area contributed by atoms with E-state index < -0.39 is 16.7 Å². The Hall–Kier alpha value is -3.88. The van der Waals surface area contributed by atoms with Crippen molar-refractivity contribution < 1.29 is 24.0 Å². The number of rotatable bonds is 6. The third-order valence-electron chi connectivity index (χ3n) is 3.47. The Morgan fingerprint density at radius 1 is 1.00 bits per heavy atom. The molecule has 0 bridgehead atoms. The van der Waals surface area contributed by atoms with Gasteiger partial charge in [-0.05, 0) is 35.9 Å². The molecule has 0 atom stereocenters. The minimum absolute atomic E-state index is 0.131. The van der Waals surface area contributed by atoms with Crippen LogP contribution in [-0.2, 0) is 4.79 Å². The van der Waals surface area contributed by atoms with Gasteiger partial charge < -0.3 is 9.47 Å². The van der Waals surface area contributed by atoms with E-state index in [2.05, 4.69) is 10.9 Å². The Kier molecular flexibility index (Phi) is 6.48. The maximum Gasteiger partial charge on any atom is 0.269 e. The first-order chi connectivity index (χ1) is 12.9. The standard InChI is InChI=1S/C18H17N3O6/c1-26-15-9-3-12(11-16(15)27-2)4-10-17(22)19-20-18(23)13-5-7-14(8-6-13)21(24)25/h3-11H,1-2H3,(H,19,22)(H,20,23)/b10-4+. The van der Waals surface area contributed by atoms with Crippen LogP contribution >= 0.6 is 0 Å². The molecule has 140 valence electrons. The van der Waals surface area contributed by atoms with Crippen LogP contribution in [0.4, 0.5) is 5.69 Å². The Labute approximate surface area is 154 Å². The zero-order valence-electron chi connectivity index (χ0n) is 14.6. The lowest BCUT2D eigenvalue weighted by molar-refractivity contribution is -0.384. The molecule has 0 aliphatic rings. The summed E-state index contributed by atoms with van der Waals surface area (Å²) in [6.07, 6.45) is 2.77. The van der Waals surface area contributed by atoms with Crippen LogP contribution in [0.25, 0.3) is 6.08 Å². The smallest absolute Gasteiger partial charge is 0.269 e. The average Bonchev–Trinajstić information content (AvgIpc) is 2.70. The van der Waals surface area contributed by atoms with Gasteiger partial charge in [0.2, 0.25) is 0 Å². The van der Waals surface area contributed by atoms with Crippen LogP contribution in [0.2, 0.25) is 0 Å². The van der Waals surface area contributed by atoms with Gasteiger partial charge in [0.05, 0.1) is 19.1 Å². The predicted molar refractivity (Wildman–Crippen MR) is 97.3 cm³/mol. The zero-order chi connectivity index (χ0) is 19.8. The Morgan fingerprint density at radius 3 is 2.26 bits per heavy atom. The van der Waals surface area contributed by atoms with E-state index in [0.717, 1.165) is 0 Å². The second-order valence-corrected chi connectivity index (χ2v) is 5.20. The van der Waals surface area contributed by atoms with Crippen molar-refractivity contribution in [3.63, 3.8) is 0 Å². The summed E-state index contributed by atoms with van der Waals surface area (Å²) >= 11 is 0. The molecule has 2 N–H and O–H groups in total. The van der Waals surface area contributed by atoms with Crippen LogP contribution in [-0.4, -0.2) is 31.0 Å². The number of nitrogens with zero attached hydrogens (tertiary/aromatic N) is 1. The Morgan fingerprint density at radius 2 is 1.67 bits per heavy atom. The predicted octanol–water partition coefficient (Wildman–Crippen LogP) is 2.09. The van der Waals surface area contributed by atoms with Gasteiger partial charge in [0, 0.05) is 23.8 Å². The maximum atomic E-state index is 11.9. The van der Waals surface area contributed by atoms with E-state index in [0.29, 0.717) is 17.1 Å². The largest absolute Gasteiger partial charge is 0.493 e. The van der Waals surface area contributed by atoms with Crippen molar-refractivity contribution in [1.82, 2.24) is 10.9 Å². The van der Waals surface area contributed by atoms with E-state index in [-0.39, 0.29) is 11.3 Å². The highest BCUT2D eigenvalue weighted by Gasteiger charge is 2.09. The van der Waals surface area contributed by atoms with E-state index in [4.69, 9.17) is 9.47 Å². The summed E-state index contributed by atoms with van der Waals surface area (Å²) < 4.78 is 10.3. The SMILES string of the molecule is COc1ccc(/C=C/C(=O)NNC(=O)c2ccc([N+](=O)[O-])cc2)cc1OC. The summed E-state index contributed by atoms with van der Waals surface area (Å²) in [4.78, 5) is 33.7. The van der Waals surface area contributed by atoms with Crippen LogP contribution in [0.1, 0.15) is 15.9 Å². The first-order valence-electron chi connectivity index (χ1n) is 7.69. The van der Waals surface area contributed by atoms with Gasteiger partial charge in [-0.25, -0.2) is 0 Å². The van der Waals surface area contributed by atoms with E-state index in [1.165, 1.54) is 50.6 Å². The number of carbonyl (C=O) groups excluding carboxylic acids is 2. The summed E-state index contributed by atoms with van der Waals surface area (Å²) in [5, 5.41) is 10.6. The molecular formula is C18H17N3O6. The summed E-state index contributed by atoms with van der Waals surface area (Å²) in [5.41, 5.74) is 5.18. The fourth-order valence-corrected chi connectivity index (χ4v) is 2.10. The number of nitro benzene ring substituents is 1. The monoisotopic (exact) mass is 371 g/mol. The molecule has 9 heteroatoms. The van der Waals surface area contributed by atoms with Crippen LogP contribution in [0.5, 0.6) is 11.5 Å². The van der Waals surface area contributed by atoms with Crippen molar-refractivity contribution in [2.24, 2.45) is 0 Å². The number of hydrogen-bond donors (Lipinski definition) is 2. The second kappa shape index (κ2) is 8.99. The van der Waals surface area contributed by atoms with Crippen LogP contribution < -0.4 is 20.3 Å². The summed E-state index contributed by atoms with van der Waals surface area (Å²) in [7, 11) is 3.03. The van der Waals surface area contributed by atoms with Gasteiger partial charge in [-0.1, -0.05) is 6.07 Å². The van der Waals surface area contributed by atoms with Crippen molar-refractivity contribution in [3.8, 4) is 11.5 Å². The molecule has 2 amide bonds. The number of ether oxygens (including phenoxy) is 2. The highest BCUT2D eigenvalue weighted by molar-refractivity contribution is 5.98. The first-order valence-corrected chi connectivity index (χ1v) is 7.69. The fraction of sp³-hybridized carbons (Fsp3) is 0.111. The molecule has 0 saturated carbocycles. The second-order valence-electron chi connectivity index (χ2n) is 5.20. The minimum atomic E-state index is -0.599. The summed E-state index contributed by atoms with van der Waals surface area (Å²) in [6.45, 7) is 0. The van der Waals surface area contributed by atoms with Gasteiger partial charge in [0.15, 0.2) is 11.5 Å². The molecule has 0 unspecified atom stereocenters. The first kappa shape index (κ1) is 19.4.